The predicted octanol–water partition coefficient (Wildman–Crippen LogP) is 0.888. The Morgan fingerprint density at radius 3 is 2.53 bits per heavy atom. The molecule has 3 N–H and O–H groups in total. The molecule has 5 nitrogen and oxygen atoms in total. The highest BCUT2D eigenvalue weighted by molar-refractivity contribution is 5.87. The summed E-state index contributed by atoms with van der Waals surface area (Å²) in [5.74, 6) is -0.982. The highest BCUT2D eigenvalue weighted by atomic mass is 16.4. The monoisotopic (exact) mass is 242 g/mol. The Balaban J connectivity index is 2.67. The number of carbonyl (C=O) groups is 2. The molecule has 0 bridgehead atoms. The minimum Gasteiger partial charge on any atom is -0.481 e. The molecule has 5 heteroatoms. The van der Waals surface area contributed by atoms with Gasteiger partial charge in [-0.1, -0.05) is 6.92 Å². The molecule has 1 unspecified atom stereocenters. The smallest absolute Gasteiger partial charge is 0.305 e. The number of carboxylic acid groups (broad SMARTS) is 1. The Kier molecular flexibility index (Phi) is 4.14. The molecule has 0 radical (unpaired) electrons. The largest absolute Gasteiger partial charge is 0.481 e. The SMILES string of the molecule is CCC1(C(=O)NC(C)(C)CC(=O)O)CCCN1. The van der Waals surface area contributed by atoms with Gasteiger partial charge in [0.1, 0.15) is 0 Å². The Hall–Kier alpha value is -1.10. The lowest BCUT2D eigenvalue weighted by molar-refractivity contribution is -0.139. The van der Waals surface area contributed by atoms with E-state index in [0.29, 0.717) is 0 Å². The molecule has 0 aliphatic carbocycles. The zero-order chi connectivity index (χ0) is 13.1. The van der Waals surface area contributed by atoms with Crippen LogP contribution < -0.4 is 10.6 Å². The molecule has 1 aliphatic heterocycles. The average molecular weight is 242 g/mol. The number of hydrogen-bond acceptors (Lipinski definition) is 3. The molecule has 1 fully saturated rings. The van der Waals surface area contributed by atoms with Crippen LogP contribution >= 0.6 is 0 Å². The van der Waals surface area contributed by atoms with Crippen LogP contribution in [0.25, 0.3) is 0 Å². The zero-order valence-corrected chi connectivity index (χ0v) is 10.8. The number of nitrogens with one attached hydrogen (secondary N) is 2. The lowest BCUT2D eigenvalue weighted by atomic mass is 9.90. The first-order chi connectivity index (χ1) is 7.81. The Morgan fingerprint density at radius 1 is 1.47 bits per heavy atom. The molecule has 0 aromatic carbocycles. The van der Waals surface area contributed by atoms with Crippen LogP contribution in [0, 0.1) is 0 Å². The summed E-state index contributed by atoms with van der Waals surface area (Å²) in [6.07, 6.45) is 2.46. The maximum atomic E-state index is 12.2. The summed E-state index contributed by atoms with van der Waals surface area (Å²) in [7, 11) is 0. The summed E-state index contributed by atoms with van der Waals surface area (Å²) in [4.78, 5) is 22.9. The van der Waals surface area contributed by atoms with Gasteiger partial charge >= 0.3 is 5.97 Å². The molecule has 0 spiro atoms. The Bertz CT molecular complexity index is 307. The number of rotatable bonds is 5. The van der Waals surface area contributed by atoms with Crippen LogP contribution in [0.1, 0.15) is 46.5 Å². The topological polar surface area (TPSA) is 78.4 Å². The van der Waals surface area contributed by atoms with Crippen molar-refractivity contribution in [1.82, 2.24) is 10.6 Å². The third-order valence-corrected chi connectivity index (χ3v) is 3.33. The summed E-state index contributed by atoms with van der Waals surface area (Å²) in [6.45, 7) is 6.29. The van der Waals surface area contributed by atoms with E-state index in [1.54, 1.807) is 13.8 Å². The first-order valence-electron chi connectivity index (χ1n) is 6.11. The van der Waals surface area contributed by atoms with Crippen LogP contribution in [0.15, 0.2) is 0 Å². The van der Waals surface area contributed by atoms with Crippen LogP contribution in [-0.2, 0) is 9.59 Å². The third kappa shape index (κ3) is 3.43. The number of carboxylic acids is 1. The fraction of sp³-hybridized carbons (Fsp3) is 0.833. The average Bonchev–Trinajstić information content (AvgIpc) is 2.63. The van der Waals surface area contributed by atoms with E-state index in [2.05, 4.69) is 10.6 Å². The van der Waals surface area contributed by atoms with E-state index in [9.17, 15) is 9.59 Å². The summed E-state index contributed by atoms with van der Waals surface area (Å²) in [5, 5.41) is 14.9. The van der Waals surface area contributed by atoms with Gasteiger partial charge < -0.3 is 15.7 Å². The maximum Gasteiger partial charge on any atom is 0.305 e. The van der Waals surface area contributed by atoms with Gasteiger partial charge in [0, 0.05) is 5.54 Å². The molecule has 0 aromatic heterocycles. The van der Waals surface area contributed by atoms with Crippen LogP contribution in [0.4, 0.5) is 0 Å². The van der Waals surface area contributed by atoms with Crippen molar-refractivity contribution in [3.05, 3.63) is 0 Å². The predicted molar refractivity (Wildman–Crippen MR) is 64.7 cm³/mol. The number of hydrogen-bond donors (Lipinski definition) is 3. The number of amides is 1. The summed E-state index contributed by atoms with van der Waals surface area (Å²) >= 11 is 0. The van der Waals surface area contributed by atoms with Crippen molar-refractivity contribution in [3.8, 4) is 0 Å². The van der Waals surface area contributed by atoms with Gasteiger partial charge in [0.05, 0.1) is 12.0 Å². The second-order valence-corrected chi connectivity index (χ2v) is 5.37. The highest BCUT2D eigenvalue weighted by Crippen LogP contribution is 2.24. The van der Waals surface area contributed by atoms with Gasteiger partial charge in [-0.2, -0.15) is 0 Å². The van der Waals surface area contributed by atoms with Gasteiger partial charge in [-0.15, -0.1) is 0 Å². The van der Waals surface area contributed by atoms with E-state index in [1.807, 2.05) is 6.92 Å². The van der Waals surface area contributed by atoms with E-state index in [0.717, 1.165) is 25.8 Å². The minimum absolute atomic E-state index is 0.0709. The van der Waals surface area contributed by atoms with Crippen molar-refractivity contribution in [3.63, 3.8) is 0 Å². The molecule has 0 aromatic rings. The van der Waals surface area contributed by atoms with E-state index in [4.69, 9.17) is 5.11 Å². The number of carbonyl (C=O) groups excluding carboxylic acids is 1. The standard InChI is InChI=1S/C12H22N2O3/c1-4-12(6-5-7-13-12)10(17)14-11(2,3)8-9(15)16/h13H,4-8H2,1-3H3,(H,14,17)(H,15,16). The maximum absolute atomic E-state index is 12.2. The van der Waals surface area contributed by atoms with E-state index >= 15 is 0 Å². The van der Waals surface area contributed by atoms with E-state index < -0.39 is 17.0 Å². The van der Waals surface area contributed by atoms with Gasteiger partial charge in [0.2, 0.25) is 5.91 Å². The second kappa shape index (κ2) is 5.04. The molecular weight excluding hydrogens is 220 g/mol. The van der Waals surface area contributed by atoms with Crippen molar-refractivity contribution < 1.29 is 14.7 Å². The van der Waals surface area contributed by atoms with Crippen LogP contribution in [0.3, 0.4) is 0 Å². The fourth-order valence-electron chi connectivity index (χ4n) is 2.31. The molecule has 98 valence electrons. The highest BCUT2D eigenvalue weighted by Gasteiger charge is 2.41. The van der Waals surface area contributed by atoms with Crippen LogP contribution in [0.2, 0.25) is 0 Å². The fourth-order valence-corrected chi connectivity index (χ4v) is 2.31. The molecule has 1 amide bonds. The molecule has 1 rings (SSSR count). The van der Waals surface area contributed by atoms with Gasteiger partial charge in [0.15, 0.2) is 0 Å². The molecule has 1 heterocycles. The van der Waals surface area contributed by atoms with E-state index in [-0.39, 0.29) is 12.3 Å². The summed E-state index contributed by atoms with van der Waals surface area (Å²) in [6, 6.07) is 0. The van der Waals surface area contributed by atoms with Crippen molar-refractivity contribution in [2.24, 2.45) is 0 Å². The van der Waals surface area contributed by atoms with Gasteiger partial charge in [0.25, 0.3) is 0 Å². The first kappa shape index (κ1) is 14.0. The second-order valence-electron chi connectivity index (χ2n) is 5.37. The minimum atomic E-state index is -0.903. The van der Waals surface area contributed by atoms with E-state index in [1.165, 1.54) is 0 Å². The normalized spacial score (nSPS) is 24.6. The molecule has 0 saturated carbocycles. The van der Waals surface area contributed by atoms with Crippen molar-refractivity contribution >= 4 is 11.9 Å². The summed E-state index contributed by atoms with van der Waals surface area (Å²) < 4.78 is 0. The lowest BCUT2D eigenvalue weighted by Crippen LogP contribution is -2.58. The quantitative estimate of drug-likeness (QED) is 0.669. The molecule has 1 saturated heterocycles. The summed E-state index contributed by atoms with van der Waals surface area (Å²) in [5.41, 5.74) is -1.22. The van der Waals surface area contributed by atoms with Crippen molar-refractivity contribution in [2.75, 3.05) is 6.54 Å². The Labute approximate surface area is 102 Å². The van der Waals surface area contributed by atoms with Crippen LogP contribution in [-0.4, -0.2) is 34.6 Å². The molecule has 17 heavy (non-hydrogen) atoms. The molecular formula is C12H22N2O3. The van der Waals surface area contributed by atoms with Crippen molar-refractivity contribution in [2.45, 2.75) is 57.5 Å². The molecule has 1 aliphatic rings. The van der Waals surface area contributed by atoms with Gasteiger partial charge in [-0.05, 0) is 39.7 Å². The zero-order valence-electron chi connectivity index (χ0n) is 10.8. The molecule has 1 atom stereocenters. The van der Waals surface area contributed by atoms with Crippen molar-refractivity contribution in [1.29, 1.82) is 0 Å². The van der Waals surface area contributed by atoms with Gasteiger partial charge in [-0.25, -0.2) is 0 Å². The first-order valence-corrected chi connectivity index (χ1v) is 6.11. The lowest BCUT2D eigenvalue weighted by Gasteiger charge is -2.32. The van der Waals surface area contributed by atoms with Gasteiger partial charge in [-0.3, -0.25) is 9.59 Å². The van der Waals surface area contributed by atoms with Crippen LogP contribution in [0.5, 0.6) is 0 Å². The number of aliphatic carboxylic acids is 1. The Morgan fingerprint density at radius 2 is 2.12 bits per heavy atom. The third-order valence-electron chi connectivity index (χ3n) is 3.33.